The average Bonchev–Trinajstić information content (AvgIpc) is 2.79. The summed E-state index contributed by atoms with van der Waals surface area (Å²) in [4.78, 5) is 0. The molecule has 10 atom stereocenters. The zero-order valence-corrected chi connectivity index (χ0v) is 19.5. The fourth-order valence-corrected chi connectivity index (χ4v) is 4.09. The molecular weight excluding hydrogens is 452 g/mol. The Balaban J connectivity index is 1.67. The van der Waals surface area contributed by atoms with Crippen molar-refractivity contribution in [3.8, 4) is 5.75 Å². The Morgan fingerprint density at radius 2 is 1.29 bits per heavy atom. The van der Waals surface area contributed by atoms with E-state index in [1.54, 1.807) is 12.1 Å². The maximum Gasteiger partial charge on any atom is 0.229 e. The predicted molar refractivity (Wildman–Crippen MR) is 117 cm³/mol. The summed E-state index contributed by atoms with van der Waals surface area (Å²) in [6.07, 6.45) is -14.0. The lowest BCUT2D eigenvalue weighted by Gasteiger charge is -2.45. The summed E-state index contributed by atoms with van der Waals surface area (Å²) in [6, 6.07) is 7.21. The third-order valence-electron chi connectivity index (χ3n) is 5.87. The molecule has 2 aliphatic rings. The van der Waals surface area contributed by atoms with Crippen LogP contribution in [0.15, 0.2) is 24.3 Å². The van der Waals surface area contributed by atoms with Crippen molar-refractivity contribution in [2.24, 2.45) is 5.41 Å². The lowest BCUT2D eigenvalue weighted by atomic mass is 9.88. The molecule has 2 saturated heterocycles. The summed E-state index contributed by atoms with van der Waals surface area (Å²) in [7, 11) is 0. The summed E-state index contributed by atoms with van der Waals surface area (Å²) in [5, 5.41) is 70.4. The molecule has 0 aromatic heterocycles. The SMILES string of the molecule is CC(C)(C)Cc1ccc(OC2OC(CO)C(OC3OC(CO)C(O)C(O)C3O)C(O)C2O)cc1. The van der Waals surface area contributed by atoms with Gasteiger partial charge >= 0.3 is 0 Å². The largest absolute Gasteiger partial charge is 0.462 e. The molecular formula is C23H36O11. The van der Waals surface area contributed by atoms with E-state index in [0.717, 1.165) is 12.0 Å². The number of aliphatic hydroxyl groups excluding tert-OH is 7. The van der Waals surface area contributed by atoms with E-state index in [-0.39, 0.29) is 5.41 Å². The summed E-state index contributed by atoms with van der Waals surface area (Å²) in [5.74, 6) is 0.388. The highest BCUT2D eigenvalue weighted by atomic mass is 16.7. The highest BCUT2D eigenvalue weighted by molar-refractivity contribution is 5.28. The normalized spacial score (nSPS) is 39.1. The maximum absolute atomic E-state index is 10.7. The van der Waals surface area contributed by atoms with Gasteiger partial charge in [0.15, 0.2) is 6.29 Å². The van der Waals surface area contributed by atoms with Crippen molar-refractivity contribution in [3.05, 3.63) is 29.8 Å². The van der Waals surface area contributed by atoms with Crippen molar-refractivity contribution in [2.75, 3.05) is 13.2 Å². The monoisotopic (exact) mass is 488 g/mol. The number of benzene rings is 1. The number of hydrogen-bond donors (Lipinski definition) is 7. The molecule has 34 heavy (non-hydrogen) atoms. The van der Waals surface area contributed by atoms with Crippen LogP contribution in [0.3, 0.4) is 0 Å². The third-order valence-corrected chi connectivity index (χ3v) is 5.87. The van der Waals surface area contributed by atoms with Gasteiger partial charge in [-0.25, -0.2) is 0 Å². The van der Waals surface area contributed by atoms with Crippen LogP contribution in [0.25, 0.3) is 0 Å². The smallest absolute Gasteiger partial charge is 0.229 e. The highest BCUT2D eigenvalue weighted by Crippen LogP contribution is 2.30. The Morgan fingerprint density at radius 3 is 1.85 bits per heavy atom. The first-order valence-corrected chi connectivity index (χ1v) is 11.3. The van der Waals surface area contributed by atoms with Crippen molar-refractivity contribution < 1.29 is 54.7 Å². The van der Waals surface area contributed by atoms with Gasteiger partial charge in [-0.2, -0.15) is 0 Å². The molecule has 0 bridgehead atoms. The molecule has 11 nitrogen and oxygen atoms in total. The Kier molecular flexibility index (Phi) is 8.90. The number of rotatable bonds is 7. The van der Waals surface area contributed by atoms with Crippen LogP contribution in [0.4, 0.5) is 0 Å². The molecule has 0 aliphatic carbocycles. The molecule has 1 aromatic rings. The Morgan fingerprint density at radius 1 is 0.735 bits per heavy atom. The molecule has 10 unspecified atom stereocenters. The molecule has 2 aliphatic heterocycles. The van der Waals surface area contributed by atoms with Gasteiger partial charge in [0.25, 0.3) is 0 Å². The molecule has 7 N–H and O–H groups in total. The molecule has 2 heterocycles. The Labute approximate surface area is 198 Å². The molecule has 194 valence electrons. The maximum atomic E-state index is 10.7. The zero-order chi connectivity index (χ0) is 25.2. The molecule has 0 saturated carbocycles. The first-order chi connectivity index (χ1) is 15.9. The minimum absolute atomic E-state index is 0.111. The quantitative estimate of drug-likeness (QED) is 0.232. The summed E-state index contributed by atoms with van der Waals surface area (Å²) in [6.45, 7) is 5.09. The van der Waals surface area contributed by atoms with E-state index in [4.69, 9.17) is 18.9 Å². The van der Waals surface area contributed by atoms with Gasteiger partial charge in [-0.3, -0.25) is 0 Å². The van der Waals surface area contributed by atoms with Gasteiger partial charge in [-0.1, -0.05) is 32.9 Å². The third kappa shape index (κ3) is 6.24. The van der Waals surface area contributed by atoms with Crippen LogP contribution in [-0.4, -0.2) is 110 Å². The minimum Gasteiger partial charge on any atom is -0.462 e. The first-order valence-electron chi connectivity index (χ1n) is 11.3. The van der Waals surface area contributed by atoms with Gasteiger partial charge in [0.2, 0.25) is 6.29 Å². The van der Waals surface area contributed by atoms with Crippen molar-refractivity contribution >= 4 is 0 Å². The summed E-state index contributed by atoms with van der Waals surface area (Å²) in [5.41, 5.74) is 1.21. The second-order valence-corrected chi connectivity index (χ2v) is 10.0. The molecule has 3 rings (SSSR count). The van der Waals surface area contributed by atoms with Crippen molar-refractivity contribution in [3.63, 3.8) is 0 Å². The van der Waals surface area contributed by atoms with Crippen LogP contribution in [0, 0.1) is 5.41 Å². The van der Waals surface area contributed by atoms with Gasteiger partial charge in [-0.05, 0) is 29.5 Å². The van der Waals surface area contributed by atoms with Crippen molar-refractivity contribution in [1.29, 1.82) is 0 Å². The van der Waals surface area contributed by atoms with E-state index in [9.17, 15) is 35.7 Å². The number of hydrogen-bond acceptors (Lipinski definition) is 11. The lowest BCUT2D eigenvalue weighted by Crippen LogP contribution is -2.65. The Bertz CT molecular complexity index is 763. The van der Waals surface area contributed by atoms with Crippen LogP contribution in [0.5, 0.6) is 5.75 Å². The zero-order valence-electron chi connectivity index (χ0n) is 19.5. The predicted octanol–water partition coefficient (Wildman–Crippen LogP) is -1.72. The van der Waals surface area contributed by atoms with Crippen LogP contribution >= 0.6 is 0 Å². The van der Waals surface area contributed by atoms with Crippen molar-refractivity contribution in [1.82, 2.24) is 0 Å². The summed E-state index contributed by atoms with van der Waals surface area (Å²) < 4.78 is 22.1. The van der Waals surface area contributed by atoms with Crippen LogP contribution < -0.4 is 4.74 Å². The van der Waals surface area contributed by atoms with Crippen molar-refractivity contribution in [2.45, 2.75) is 88.6 Å². The topological polar surface area (TPSA) is 179 Å². The summed E-state index contributed by atoms with van der Waals surface area (Å²) >= 11 is 0. The van der Waals surface area contributed by atoms with Gasteiger partial charge in [0.05, 0.1) is 13.2 Å². The standard InChI is InChI=1S/C23H36O11/c1-23(2,3)8-11-4-6-12(7-5-11)31-21-19(30)17(28)20(14(10-25)33-21)34-22-18(29)16(27)15(26)13(9-24)32-22/h4-7,13-22,24-30H,8-10H2,1-3H3. The van der Waals surface area contributed by atoms with E-state index in [2.05, 4.69) is 20.8 Å². The van der Waals surface area contributed by atoms with Crippen LogP contribution in [0.2, 0.25) is 0 Å². The van der Waals surface area contributed by atoms with Gasteiger partial charge in [-0.15, -0.1) is 0 Å². The molecule has 2 fully saturated rings. The van der Waals surface area contributed by atoms with E-state index in [1.807, 2.05) is 12.1 Å². The highest BCUT2D eigenvalue weighted by Gasteiger charge is 2.51. The molecule has 0 spiro atoms. The second-order valence-electron chi connectivity index (χ2n) is 10.0. The molecule has 1 aromatic carbocycles. The van der Waals surface area contributed by atoms with Gasteiger partial charge in [0.1, 0.15) is 54.6 Å². The van der Waals surface area contributed by atoms with E-state index >= 15 is 0 Å². The van der Waals surface area contributed by atoms with E-state index in [1.165, 1.54) is 0 Å². The first kappa shape index (κ1) is 27.2. The van der Waals surface area contributed by atoms with E-state index in [0.29, 0.717) is 5.75 Å². The van der Waals surface area contributed by atoms with Gasteiger partial charge in [0, 0.05) is 0 Å². The average molecular weight is 489 g/mol. The number of ether oxygens (including phenoxy) is 4. The molecule has 0 radical (unpaired) electrons. The minimum atomic E-state index is -1.72. The Hall–Kier alpha value is -1.38. The molecule has 11 heteroatoms. The lowest BCUT2D eigenvalue weighted by molar-refractivity contribution is -0.352. The fraction of sp³-hybridized carbons (Fsp3) is 0.739. The van der Waals surface area contributed by atoms with Crippen LogP contribution in [-0.2, 0) is 20.6 Å². The van der Waals surface area contributed by atoms with E-state index < -0.39 is 74.6 Å². The molecule has 0 amide bonds. The van der Waals surface area contributed by atoms with Gasteiger partial charge < -0.3 is 54.7 Å². The van der Waals surface area contributed by atoms with Crippen LogP contribution in [0.1, 0.15) is 26.3 Å². The fourth-order valence-electron chi connectivity index (χ4n) is 4.09. The second kappa shape index (κ2) is 11.1. The number of aliphatic hydroxyl groups is 7.